The number of nitrogens with one attached hydrogen (secondary N) is 1. The summed E-state index contributed by atoms with van der Waals surface area (Å²) in [4.78, 5) is 16.5. The molecule has 0 aliphatic carbocycles. The lowest BCUT2D eigenvalue weighted by Gasteiger charge is -2.11. The first-order valence-electron chi connectivity index (χ1n) is 7.47. The third-order valence-electron chi connectivity index (χ3n) is 3.52. The highest BCUT2D eigenvalue weighted by atomic mass is 32.1. The minimum Gasteiger partial charge on any atom is -0.387 e. The van der Waals surface area contributed by atoms with Crippen LogP contribution in [0, 0.1) is 11.6 Å². The zero-order valence-electron chi connectivity index (χ0n) is 12.9. The van der Waals surface area contributed by atoms with Crippen LogP contribution in [-0.4, -0.2) is 22.5 Å². The number of thiazole rings is 1. The van der Waals surface area contributed by atoms with Gasteiger partial charge in [0.1, 0.15) is 21.5 Å². The quantitative estimate of drug-likeness (QED) is 0.731. The fourth-order valence-corrected chi connectivity index (χ4v) is 3.11. The Labute approximate surface area is 146 Å². The Morgan fingerprint density at radius 3 is 2.76 bits per heavy atom. The van der Waals surface area contributed by atoms with Gasteiger partial charge in [0.2, 0.25) is 0 Å². The first kappa shape index (κ1) is 17.2. The second kappa shape index (κ2) is 7.50. The van der Waals surface area contributed by atoms with E-state index in [1.165, 1.54) is 30.5 Å². The molecule has 1 atom stereocenters. The molecule has 1 aromatic heterocycles. The summed E-state index contributed by atoms with van der Waals surface area (Å²) < 4.78 is 26.9. The van der Waals surface area contributed by atoms with Crippen LogP contribution in [0.3, 0.4) is 0 Å². The molecule has 2 aromatic carbocycles. The molecule has 7 heteroatoms. The lowest BCUT2D eigenvalue weighted by molar-refractivity contribution is 0.0920. The summed E-state index contributed by atoms with van der Waals surface area (Å²) in [5.74, 6) is -1.30. The van der Waals surface area contributed by atoms with Gasteiger partial charge < -0.3 is 10.4 Å². The molecule has 4 nitrogen and oxygen atoms in total. The average molecular weight is 360 g/mol. The number of aliphatic hydroxyl groups is 1. The first-order chi connectivity index (χ1) is 12.0. The van der Waals surface area contributed by atoms with Crippen molar-refractivity contribution < 1.29 is 18.7 Å². The largest absolute Gasteiger partial charge is 0.387 e. The zero-order valence-corrected chi connectivity index (χ0v) is 13.8. The van der Waals surface area contributed by atoms with Crippen molar-refractivity contribution >= 4 is 17.2 Å². The number of amides is 1. The number of carbonyl (C=O) groups excluding carboxylic acids is 1. The van der Waals surface area contributed by atoms with E-state index in [4.69, 9.17) is 0 Å². The van der Waals surface area contributed by atoms with E-state index in [9.17, 15) is 18.7 Å². The van der Waals surface area contributed by atoms with Crippen LogP contribution in [-0.2, 0) is 0 Å². The number of halogens is 2. The molecule has 3 rings (SSSR count). The van der Waals surface area contributed by atoms with Gasteiger partial charge in [0.25, 0.3) is 5.91 Å². The summed E-state index contributed by atoms with van der Waals surface area (Å²) in [5.41, 5.74) is 0.697. The molecule has 1 heterocycles. The van der Waals surface area contributed by atoms with Crippen molar-refractivity contribution in [3.8, 4) is 10.6 Å². The van der Waals surface area contributed by atoms with Gasteiger partial charge in [0.05, 0.1) is 12.3 Å². The van der Waals surface area contributed by atoms with Crippen molar-refractivity contribution in [1.82, 2.24) is 10.3 Å². The molecule has 0 aliphatic heterocycles. The molecule has 1 unspecified atom stereocenters. The highest BCUT2D eigenvalue weighted by molar-refractivity contribution is 7.16. The Kier molecular flexibility index (Phi) is 5.16. The van der Waals surface area contributed by atoms with Gasteiger partial charge in [-0.05, 0) is 29.8 Å². The Balaban J connectivity index is 1.65. The molecular formula is C18H14F2N2O2S. The highest BCUT2D eigenvalue weighted by Crippen LogP contribution is 2.27. The summed E-state index contributed by atoms with van der Waals surface area (Å²) in [6.07, 6.45) is 0.328. The molecule has 0 saturated carbocycles. The number of hydrogen-bond acceptors (Lipinski definition) is 4. The van der Waals surface area contributed by atoms with Gasteiger partial charge in [-0.2, -0.15) is 0 Å². The lowest BCUT2D eigenvalue weighted by Crippen LogP contribution is -2.27. The third-order valence-corrected chi connectivity index (χ3v) is 4.55. The molecule has 0 fully saturated rings. The summed E-state index contributed by atoms with van der Waals surface area (Å²) in [7, 11) is 0. The van der Waals surface area contributed by atoms with Crippen LogP contribution in [0.2, 0.25) is 0 Å². The number of aliphatic hydroxyl groups excluding tert-OH is 1. The predicted molar refractivity (Wildman–Crippen MR) is 91.2 cm³/mol. The van der Waals surface area contributed by atoms with Gasteiger partial charge in [-0.25, -0.2) is 13.8 Å². The highest BCUT2D eigenvalue weighted by Gasteiger charge is 2.15. The minimum atomic E-state index is -1.03. The molecule has 2 N–H and O–H groups in total. The fraction of sp³-hybridized carbons (Fsp3) is 0.111. The van der Waals surface area contributed by atoms with Crippen LogP contribution in [0.4, 0.5) is 8.78 Å². The normalized spacial score (nSPS) is 12.0. The summed E-state index contributed by atoms with van der Waals surface area (Å²) in [5, 5.41) is 13.0. The van der Waals surface area contributed by atoms with E-state index in [2.05, 4.69) is 10.3 Å². The van der Waals surface area contributed by atoms with Crippen LogP contribution in [0.1, 0.15) is 21.3 Å². The number of carbonyl (C=O) groups is 1. The van der Waals surface area contributed by atoms with Crippen LogP contribution < -0.4 is 5.32 Å². The maximum atomic E-state index is 13.8. The molecule has 0 aliphatic rings. The van der Waals surface area contributed by atoms with Crippen LogP contribution in [0.25, 0.3) is 10.6 Å². The van der Waals surface area contributed by atoms with Gasteiger partial charge in [-0.1, -0.05) is 24.3 Å². The molecule has 0 bridgehead atoms. The Morgan fingerprint density at radius 2 is 2.00 bits per heavy atom. The van der Waals surface area contributed by atoms with Crippen molar-refractivity contribution in [2.45, 2.75) is 6.10 Å². The van der Waals surface area contributed by atoms with E-state index in [1.807, 2.05) is 0 Å². The molecule has 0 radical (unpaired) electrons. The lowest BCUT2D eigenvalue weighted by atomic mass is 10.1. The first-order valence-corrected chi connectivity index (χ1v) is 8.28. The van der Waals surface area contributed by atoms with E-state index in [0.29, 0.717) is 21.0 Å². The van der Waals surface area contributed by atoms with E-state index < -0.39 is 23.6 Å². The SMILES string of the molecule is O=C(NCC(O)c1cccc(F)c1)c1cnc(-c2ccccc2F)s1. The predicted octanol–water partition coefficient (Wildman–Crippen LogP) is 3.55. The third kappa shape index (κ3) is 4.07. The Hall–Kier alpha value is -2.64. The second-order valence-corrected chi connectivity index (χ2v) is 6.32. The molecule has 0 spiro atoms. The molecule has 1 amide bonds. The molecule has 0 saturated heterocycles. The Morgan fingerprint density at radius 1 is 1.20 bits per heavy atom. The Bertz CT molecular complexity index is 898. The molecular weight excluding hydrogens is 346 g/mol. The monoisotopic (exact) mass is 360 g/mol. The van der Waals surface area contributed by atoms with E-state index in [0.717, 1.165) is 11.3 Å². The summed E-state index contributed by atoms with van der Waals surface area (Å²) in [6, 6.07) is 11.7. The topological polar surface area (TPSA) is 62.2 Å². The van der Waals surface area contributed by atoms with Crippen molar-refractivity contribution in [3.05, 3.63) is 76.8 Å². The van der Waals surface area contributed by atoms with Gasteiger partial charge in [0.15, 0.2) is 0 Å². The van der Waals surface area contributed by atoms with Crippen molar-refractivity contribution in [2.75, 3.05) is 6.54 Å². The zero-order chi connectivity index (χ0) is 17.8. The average Bonchev–Trinajstić information content (AvgIpc) is 3.09. The maximum Gasteiger partial charge on any atom is 0.263 e. The second-order valence-electron chi connectivity index (χ2n) is 5.29. The minimum absolute atomic E-state index is 0.0742. The van der Waals surface area contributed by atoms with Crippen LogP contribution in [0.15, 0.2) is 54.7 Å². The van der Waals surface area contributed by atoms with Crippen molar-refractivity contribution in [2.24, 2.45) is 0 Å². The van der Waals surface area contributed by atoms with Crippen molar-refractivity contribution in [3.63, 3.8) is 0 Å². The summed E-state index contributed by atoms with van der Waals surface area (Å²) in [6.45, 7) is -0.0742. The molecule has 3 aromatic rings. The fourth-order valence-electron chi connectivity index (χ4n) is 2.25. The standard InChI is InChI=1S/C18H14F2N2O2S/c19-12-5-3-4-11(8-12)15(23)9-21-17(24)16-10-22-18(25-16)13-6-1-2-7-14(13)20/h1-8,10,15,23H,9H2,(H,21,24). The smallest absolute Gasteiger partial charge is 0.263 e. The van der Waals surface area contributed by atoms with E-state index in [-0.39, 0.29) is 6.54 Å². The summed E-state index contributed by atoms with van der Waals surface area (Å²) >= 11 is 1.05. The number of hydrogen-bond donors (Lipinski definition) is 2. The molecule has 25 heavy (non-hydrogen) atoms. The van der Waals surface area contributed by atoms with Crippen LogP contribution >= 0.6 is 11.3 Å². The number of benzene rings is 2. The maximum absolute atomic E-state index is 13.8. The number of rotatable bonds is 5. The van der Waals surface area contributed by atoms with E-state index in [1.54, 1.807) is 24.3 Å². The number of aromatic nitrogens is 1. The number of nitrogens with zero attached hydrogens (tertiary/aromatic N) is 1. The van der Waals surface area contributed by atoms with Crippen molar-refractivity contribution in [1.29, 1.82) is 0 Å². The van der Waals surface area contributed by atoms with Gasteiger partial charge in [0, 0.05) is 12.1 Å². The van der Waals surface area contributed by atoms with E-state index >= 15 is 0 Å². The van der Waals surface area contributed by atoms with Gasteiger partial charge in [-0.3, -0.25) is 4.79 Å². The van der Waals surface area contributed by atoms with Gasteiger partial charge >= 0.3 is 0 Å². The van der Waals surface area contributed by atoms with Gasteiger partial charge in [-0.15, -0.1) is 11.3 Å². The molecule has 128 valence electrons. The van der Waals surface area contributed by atoms with Crippen LogP contribution in [0.5, 0.6) is 0 Å².